The van der Waals surface area contributed by atoms with Crippen LogP contribution in [-0.4, -0.2) is 35.3 Å². The van der Waals surface area contributed by atoms with Gasteiger partial charge in [0.15, 0.2) is 0 Å². The third kappa shape index (κ3) is 3.49. The number of rotatable bonds is 4. The van der Waals surface area contributed by atoms with Crippen molar-refractivity contribution in [3.8, 4) is 5.69 Å². The number of hydrogen-bond donors (Lipinski definition) is 1. The van der Waals surface area contributed by atoms with Gasteiger partial charge in [0, 0.05) is 30.1 Å². The van der Waals surface area contributed by atoms with E-state index in [2.05, 4.69) is 22.3 Å². The molecule has 0 fully saturated rings. The Balaban J connectivity index is 1.73. The minimum absolute atomic E-state index is 0.0403. The molecule has 2 heterocycles. The molecular formula is C25H23FN4O. The Morgan fingerprint density at radius 2 is 1.84 bits per heavy atom. The number of nitrogens with one attached hydrogen (secondary N) is 1. The van der Waals surface area contributed by atoms with Crippen LogP contribution in [0.1, 0.15) is 22.7 Å². The molecule has 0 aliphatic carbocycles. The minimum Gasteiger partial charge on any atom is -0.383 e. The highest BCUT2D eigenvalue weighted by atomic mass is 19.1. The Bertz CT molecular complexity index is 1310. The van der Waals surface area contributed by atoms with Crippen LogP contribution in [0.5, 0.6) is 0 Å². The van der Waals surface area contributed by atoms with Gasteiger partial charge >= 0.3 is 0 Å². The first-order valence-electron chi connectivity index (χ1n) is 10.3. The Morgan fingerprint density at radius 3 is 2.55 bits per heavy atom. The fourth-order valence-electron chi connectivity index (χ4n) is 4.30. The third-order valence-corrected chi connectivity index (χ3v) is 5.70. The van der Waals surface area contributed by atoms with Gasteiger partial charge in [-0.15, -0.1) is 0 Å². The minimum atomic E-state index is -0.435. The zero-order valence-electron chi connectivity index (χ0n) is 17.5. The first-order chi connectivity index (χ1) is 15.0. The van der Waals surface area contributed by atoms with Crippen molar-refractivity contribution in [2.75, 3.05) is 26.0 Å². The molecule has 5 nitrogen and oxygen atoms in total. The maximum absolute atomic E-state index is 14.3. The molecule has 3 aromatic carbocycles. The lowest BCUT2D eigenvalue weighted by Gasteiger charge is -2.27. The molecule has 6 heteroatoms. The highest BCUT2D eigenvalue weighted by Gasteiger charge is 2.27. The molecule has 1 atom stereocenters. The fraction of sp³-hybridized carbons (Fsp3) is 0.200. The lowest BCUT2D eigenvalue weighted by Crippen LogP contribution is -2.29. The van der Waals surface area contributed by atoms with E-state index in [0.29, 0.717) is 28.7 Å². The molecule has 31 heavy (non-hydrogen) atoms. The van der Waals surface area contributed by atoms with Crippen molar-refractivity contribution in [2.45, 2.75) is 12.5 Å². The van der Waals surface area contributed by atoms with Crippen molar-refractivity contribution < 1.29 is 4.39 Å². The van der Waals surface area contributed by atoms with Crippen molar-refractivity contribution in [3.05, 3.63) is 99.7 Å². The van der Waals surface area contributed by atoms with Crippen LogP contribution in [-0.2, 0) is 6.54 Å². The average Bonchev–Trinajstić information content (AvgIpc) is 2.76. The summed E-state index contributed by atoms with van der Waals surface area (Å²) >= 11 is 0. The van der Waals surface area contributed by atoms with Crippen LogP contribution in [0, 0.1) is 5.82 Å². The predicted molar refractivity (Wildman–Crippen MR) is 121 cm³/mol. The van der Waals surface area contributed by atoms with Crippen molar-refractivity contribution in [3.63, 3.8) is 0 Å². The molecule has 1 N–H and O–H groups in total. The van der Waals surface area contributed by atoms with E-state index in [9.17, 15) is 9.18 Å². The molecule has 0 radical (unpaired) electrons. The van der Waals surface area contributed by atoms with Gasteiger partial charge in [-0.1, -0.05) is 42.5 Å². The lowest BCUT2D eigenvalue weighted by molar-refractivity contribution is 0.402. The Hall–Kier alpha value is -3.51. The topological polar surface area (TPSA) is 50.2 Å². The van der Waals surface area contributed by atoms with E-state index in [-0.39, 0.29) is 11.5 Å². The molecule has 156 valence electrons. The summed E-state index contributed by atoms with van der Waals surface area (Å²) in [6, 6.07) is 20.6. The molecule has 0 spiro atoms. The van der Waals surface area contributed by atoms with Gasteiger partial charge in [-0.05, 0) is 49.5 Å². The van der Waals surface area contributed by atoms with Crippen LogP contribution in [0.25, 0.3) is 16.5 Å². The zero-order chi connectivity index (χ0) is 21.5. The van der Waals surface area contributed by atoms with Crippen LogP contribution in [0.3, 0.4) is 0 Å². The molecule has 5 rings (SSSR count). The lowest BCUT2D eigenvalue weighted by atomic mass is 9.89. The number of halogens is 1. The highest BCUT2D eigenvalue weighted by molar-refractivity contribution is 5.97. The van der Waals surface area contributed by atoms with E-state index in [1.165, 1.54) is 16.8 Å². The van der Waals surface area contributed by atoms with Crippen LogP contribution < -0.4 is 10.9 Å². The number of nitrogens with zero attached hydrogens (tertiary/aromatic N) is 3. The molecule has 4 aromatic rings. The van der Waals surface area contributed by atoms with Gasteiger partial charge in [0.2, 0.25) is 0 Å². The SMILES string of the molecule is CN(C)Cc1ccc(-n2nc3c4c(cc(F)cc4c2=O)NCC3c2ccccc2)cc1. The van der Waals surface area contributed by atoms with Gasteiger partial charge in [0.1, 0.15) is 5.82 Å². The normalized spacial score (nSPS) is 15.3. The molecular weight excluding hydrogens is 391 g/mol. The van der Waals surface area contributed by atoms with Gasteiger partial charge in [-0.25, -0.2) is 4.39 Å². The van der Waals surface area contributed by atoms with E-state index in [1.54, 1.807) is 0 Å². The third-order valence-electron chi connectivity index (χ3n) is 5.70. The summed E-state index contributed by atoms with van der Waals surface area (Å²) in [6.45, 7) is 1.39. The summed E-state index contributed by atoms with van der Waals surface area (Å²) in [6.07, 6.45) is 0. The number of hydrogen-bond acceptors (Lipinski definition) is 4. The largest absolute Gasteiger partial charge is 0.383 e. The van der Waals surface area contributed by atoms with Gasteiger partial charge in [0.25, 0.3) is 5.56 Å². The van der Waals surface area contributed by atoms with Gasteiger partial charge in [-0.3, -0.25) is 4.79 Å². The number of benzene rings is 3. The van der Waals surface area contributed by atoms with Gasteiger partial charge in [0.05, 0.1) is 16.8 Å². The summed E-state index contributed by atoms with van der Waals surface area (Å²) in [5.41, 5.74) is 3.99. The van der Waals surface area contributed by atoms with Crippen molar-refractivity contribution in [1.29, 1.82) is 0 Å². The Kier molecular flexibility index (Phi) is 4.79. The number of anilines is 1. The van der Waals surface area contributed by atoms with E-state index in [4.69, 9.17) is 5.10 Å². The molecule has 0 bridgehead atoms. The number of aromatic nitrogens is 2. The predicted octanol–water partition coefficient (Wildman–Crippen LogP) is 4.14. The van der Waals surface area contributed by atoms with Gasteiger partial charge < -0.3 is 10.2 Å². The second kappa shape index (κ2) is 7.63. The molecule has 1 unspecified atom stereocenters. The Morgan fingerprint density at radius 1 is 1.10 bits per heavy atom. The molecule has 0 amide bonds. The van der Waals surface area contributed by atoms with Gasteiger partial charge in [-0.2, -0.15) is 9.78 Å². The summed E-state index contributed by atoms with van der Waals surface area (Å²) < 4.78 is 15.7. The average molecular weight is 414 g/mol. The van der Waals surface area contributed by atoms with Crippen molar-refractivity contribution in [2.24, 2.45) is 0 Å². The summed E-state index contributed by atoms with van der Waals surface area (Å²) in [7, 11) is 4.02. The van der Waals surface area contributed by atoms with Crippen molar-refractivity contribution in [1.82, 2.24) is 14.7 Å². The van der Waals surface area contributed by atoms with E-state index < -0.39 is 5.82 Å². The van der Waals surface area contributed by atoms with E-state index in [0.717, 1.165) is 23.4 Å². The zero-order valence-corrected chi connectivity index (χ0v) is 17.5. The van der Waals surface area contributed by atoms with Crippen molar-refractivity contribution >= 4 is 16.5 Å². The quantitative estimate of drug-likeness (QED) is 0.545. The first-order valence-corrected chi connectivity index (χ1v) is 10.3. The molecule has 1 aliphatic rings. The monoisotopic (exact) mass is 414 g/mol. The standard InChI is InChI=1S/C25H23FN4O/c1-29(2)15-16-8-10-19(11-9-16)30-25(31)20-12-18(26)13-22-23(20)24(28-30)21(14-27-22)17-6-4-3-5-7-17/h3-13,21,27H,14-15H2,1-2H3. The molecule has 1 aliphatic heterocycles. The summed E-state index contributed by atoms with van der Waals surface area (Å²) in [4.78, 5) is 15.4. The van der Waals surface area contributed by atoms with E-state index >= 15 is 0 Å². The maximum Gasteiger partial charge on any atom is 0.279 e. The second-order valence-electron chi connectivity index (χ2n) is 8.23. The first kappa shape index (κ1) is 19.5. The molecule has 0 saturated carbocycles. The van der Waals surface area contributed by atoms with Crippen LogP contribution in [0.4, 0.5) is 10.1 Å². The maximum atomic E-state index is 14.3. The smallest absolute Gasteiger partial charge is 0.279 e. The second-order valence-corrected chi connectivity index (χ2v) is 8.23. The molecule has 0 saturated heterocycles. The molecule has 1 aromatic heterocycles. The summed E-state index contributed by atoms with van der Waals surface area (Å²) in [5, 5.41) is 9.15. The van der Waals surface area contributed by atoms with E-state index in [1.807, 2.05) is 56.6 Å². The van der Waals surface area contributed by atoms with Crippen LogP contribution >= 0.6 is 0 Å². The van der Waals surface area contributed by atoms with Crippen LogP contribution in [0.15, 0.2) is 71.5 Å². The summed E-state index contributed by atoms with van der Waals surface area (Å²) in [5.74, 6) is -0.475. The highest BCUT2D eigenvalue weighted by Crippen LogP contribution is 2.37. The Labute approximate surface area is 179 Å². The fourth-order valence-corrected chi connectivity index (χ4v) is 4.30. The van der Waals surface area contributed by atoms with Crippen LogP contribution in [0.2, 0.25) is 0 Å².